The van der Waals surface area contributed by atoms with Crippen molar-refractivity contribution in [1.82, 2.24) is 5.32 Å². The van der Waals surface area contributed by atoms with Crippen LogP contribution in [-0.2, 0) is 4.74 Å². The Kier molecular flexibility index (Phi) is 6.86. The van der Waals surface area contributed by atoms with Gasteiger partial charge in [0.25, 0.3) is 0 Å². The minimum atomic E-state index is 0.154. The van der Waals surface area contributed by atoms with Crippen molar-refractivity contribution in [3.63, 3.8) is 0 Å². The van der Waals surface area contributed by atoms with Crippen LogP contribution in [0.25, 0.3) is 0 Å². The van der Waals surface area contributed by atoms with Gasteiger partial charge < -0.3 is 10.1 Å². The van der Waals surface area contributed by atoms with Crippen molar-refractivity contribution in [1.29, 1.82) is 0 Å². The van der Waals surface area contributed by atoms with Crippen molar-refractivity contribution < 1.29 is 4.74 Å². The first-order valence-corrected chi connectivity index (χ1v) is 5.80. The molecule has 0 aliphatic carbocycles. The molecule has 2 nitrogen and oxygen atoms in total. The van der Waals surface area contributed by atoms with Gasteiger partial charge in [-0.2, -0.15) is 0 Å². The fourth-order valence-electron chi connectivity index (χ4n) is 0.977. The molecule has 15 heavy (non-hydrogen) atoms. The van der Waals surface area contributed by atoms with Crippen LogP contribution in [-0.4, -0.2) is 25.3 Å². The molecule has 0 aromatic carbocycles. The minimum Gasteiger partial charge on any atom is -0.377 e. The third-order valence-electron chi connectivity index (χ3n) is 2.01. The topological polar surface area (TPSA) is 21.3 Å². The van der Waals surface area contributed by atoms with Crippen LogP contribution >= 0.6 is 0 Å². The first-order chi connectivity index (χ1) is 6.81. The Morgan fingerprint density at radius 3 is 2.40 bits per heavy atom. The molecule has 90 valence electrons. The van der Waals surface area contributed by atoms with Gasteiger partial charge in [0.05, 0.1) is 6.61 Å². The van der Waals surface area contributed by atoms with Gasteiger partial charge in [0.2, 0.25) is 0 Å². The van der Waals surface area contributed by atoms with E-state index in [9.17, 15) is 0 Å². The van der Waals surface area contributed by atoms with Gasteiger partial charge in [-0.05, 0) is 38.7 Å². The van der Waals surface area contributed by atoms with E-state index in [0.717, 1.165) is 25.1 Å². The molecule has 0 fully saturated rings. The zero-order valence-electron chi connectivity index (χ0n) is 11.0. The number of hydrogen-bond donors (Lipinski definition) is 1. The third kappa shape index (κ3) is 11.6. The van der Waals surface area contributed by atoms with Gasteiger partial charge in [-0.15, -0.1) is 0 Å². The Balaban J connectivity index is 3.42. The maximum Gasteiger partial charge on any atom is 0.0686 e. The van der Waals surface area contributed by atoms with E-state index in [4.69, 9.17) is 4.74 Å². The van der Waals surface area contributed by atoms with Crippen LogP contribution in [0, 0.1) is 5.92 Å². The van der Waals surface area contributed by atoms with E-state index >= 15 is 0 Å². The van der Waals surface area contributed by atoms with Gasteiger partial charge in [-0.3, -0.25) is 0 Å². The molecule has 0 aromatic rings. The van der Waals surface area contributed by atoms with E-state index in [1.165, 1.54) is 0 Å². The smallest absolute Gasteiger partial charge is 0.0686 e. The molecular formula is C13H27NO. The van der Waals surface area contributed by atoms with E-state index in [2.05, 4.69) is 46.5 Å². The highest BCUT2D eigenvalue weighted by Gasteiger charge is 2.08. The van der Waals surface area contributed by atoms with Crippen molar-refractivity contribution in [2.75, 3.05) is 19.8 Å². The van der Waals surface area contributed by atoms with Crippen molar-refractivity contribution >= 4 is 0 Å². The quantitative estimate of drug-likeness (QED) is 0.518. The Morgan fingerprint density at radius 1 is 1.33 bits per heavy atom. The molecule has 2 heteroatoms. The Labute approximate surface area is 95.1 Å². The van der Waals surface area contributed by atoms with Crippen LogP contribution in [0.4, 0.5) is 0 Å². The van der Waals surface area contributed by atoms with Crippen molar-refractivity contribution in [2.45, 2.75) is 46.6 Å². The van der Waals surface area contributed by atoms with Gasteiger partial charge in [-0.25, -0.2) is 0 Å². The summed E-state index contributed by atoms with van der Waals surface area (Å²) in [6, 6.07) is 0. The summed E-state index contributed by atoms with van der Waals surface area (Å²) < 4.78 is 5.53. The lowest BCUT2D eigenvalue weighted by atomic mass is 10.1. The molecule has 0 unspecified atom stereocenters. The Hall–Kier alpha value is -0.340. The summed E-state index contributed by atoms with van der Waals surface area (Å²) in [6.45, 7) is 17.2. The normalized spacial score (nSPS) is 12.1. The summed E-state index contributed by atoms with van der Waals surface area (Å²) >= 11 is 0. The van der Waals surface area contributed by atoms with E-state index in [0.29, 0.717) is 12.5 Å². The van der Waals surface area contributed by atoms with Crippen molar-refractivity contribution in [2.24, 2.45) is 5.92 Å². The summed E-state index contributed by atoms with van der Waals surface area (Å²) in [7, 11) is 0. The van der Waals surface area contributed by atoms with E-state index in [-0.39, 0.29) is 5.54 Å². The fraction of sp³-hybridized carbons (Fsp3) is 0.846. The van der Waals surface area contributed by atoms with Crippen LogP contribution in [0.3, 0.4) is 0 Å². The Bertz CT molecular complexity index is 179. The molecule has 0 heterocycles. The molecule has 0 rings (SSSR count). The molecule has 0 spiro atoms. The van der Waals surface area contributed by atoms with E-state index in [1.54, 1.807) is 0 Å². The second-order valence-electron chi connectivity index (χ2n) is 5.59. The Morgan fingerprint density at radius 2 is 1.93 bits per heavy atom. The molecule has 0 saturated heterocycles. The van der Waals surface area contributed by atoms with Gasteiger partial charge >= 0.3 is 0 Å². The lowest BCUT2D eigenvalue weighted by Gasteiger charge is -2.21. The fourth-order valence-corrected chi connectivity index (χ4v) is 0.977. The second kappa shape index (κ2) is 7.02. The van der Waals surface area contributed by atoms with Gasteiger partial charge in [0.1, 0.15) is 0 Å². The van der Waals surface area contributed by atoms with Crippen molar-refractivity contribution in [3.05, 3.63) is 12.2 Å². The number of nitrogens with one attached hydrogen (secondary N) is 1. The number of rotatable bonds is 7. The molecular weight excluding hydrogens is 186 g/mol. The predicted molar refractivity (Wildman–Crippen MR) is 67.2 cm³/mol. The van der Waals surface area contributed by atoms with Gasteiger partial charge in [0, 0.05) is 18.7 Å². The summed E-state index contributed by atoms with van der Waals surface area (Å²) in [4.78, 5) is 0. The minimum absolute atomic E-state index is 0.154. The van der Waals surface area contributed by atoms with Crippen LogP contribution in [0.5, 0.6) is 0 Å². The lowest BCUT2D eigenvalue weighted by Crippen LogP contribution is -2.37. The van der Waals surface area contributed by atoms with E-state index < -0.39 is 0 Å². The molecule has 0 aliphatic rings. The summed E-state index contributed by atoms with van der Waals surface area (Å²) in [5, 5.41) is 3.39. The van der Waals surface area contributed by atoms with Crippen LogP contribution in [0.2, 0.25) is 0 Å². The summed E-state index contributed by atoms with van der Waals surface area (Å²) in [6.07, 6.45) is 1.12. The van der Waals surface area contributed by atoms with Gasteiger partial charge in [0.15, 0.2) is 0 Å². The highest BCUT2D eigenvalue weighted by atomic mass is 16.5. The second-order valence-corrected chi connectivity index (χ2v) is 5.59. The molecule has 0 aromatic heterocycles. The first kappa shape index (κ1) is 14.7. The standard InChI is InChI=1S/C13H27NO/c1-11(2)7-8-15-10-12(3)9-14-13(4,5)6/h11,14H,3,7-10H2,1-2,4-6H3. The average Bonchev–Trinajstić information content (AvgIpc) is 2.07. The lowest BCUT2D eigenvalue weighted by molar-refractivity contribution is 0.142. The zero-order valence-corrected chi connectivity index (χ0v) is 11.0. The summed E-state index contributed by atoms with van der Waals surface area (Å²) in [5.41, 5.74) is 1.27. The average molecular weight is 213 g/mol. The molecule has 1 N–H and O–H groups in total. The number of ether oxygens (including phenoxy) is 1. The molecule has 0 aliphatic heterocycles. The predicted octanol–water partition coefficient (Wildman–Crippen LogP) is 2.99. The molecule has 0 bridgehead atoms. The summed E-state index contributed by atoms with van der Waals surface area (Å²) in [5.74, 6) is 0.714. The highest BCUT2D eigenvalue weighted by molar-refractivity contribution is 4.98. The highest BCUT2D eigenvalue weighted by Crippen LogP contribution is 2.02. The molecule has 0 amide bonds. The maximum atomic E-state index is 5.53. The molecule has 0 radical (unpaired) electrons. The van der Waals surface area contributed by atoms with Crippen molar-refractivity contribution in [3.8, 4) is 0 Å². The first-order valence-electron chi connectivity index (χ1n) is 5.80. The number of hydrogen-bond acceptors (Lipinski definition) is 2. The largest absolute Gasteiger partial charge is 0.377 e. The van der Waals surface area contributed by atoms with E-state index in [1.807, 2.05) is 0 Å². The van der Waals surface area contributed by atoms with Crippen LogP contribution in [0.15, 0.2) is 12.2 Å². The molecule has 0 atom stereocenters. The van der Waals surface area contributed by atoms with Crippen LogP contribution in [0.1, 0.15) is 41.0 Å². The zero-order chi connectivity index (χ0) is 11.9. The SMILES string of the molecule is C=C(CNC(C)(C)C)COCCC(C)C. The maximum absolute atomic E-state index is 5.53. The van der Waals surface area contributed by atoms with Gasteiger partial charge in [-0.1, -0.05) is 20.4 Å². The van der Waals surface area contributed by atoms with Crippen LogP contribution < -0.4 is 5.32 Å². The molecule has 0 saturated carbocycles. The monoisotopic (exact) mass is 213 g/mol. The third-order valence-corrected chi connectivity index (χ3v) is 2.01.